The van der Waals surface area contributed by atoms with Crippen LogP contribution in [-0.2, 0) is 14.8 Å². The lowest BCUT2D eigenvalue weighted by molar-refractivity contribution is -0.131. The van der Waals surface area contributed by atoms with Gasteiger partial charge in [-0.2, -0.15) is 0 Å². The number of hydrogen-bond acceptors (Lipinski definition) is 7. The van der Waals surface area contributed by atoms with E-state index in [1.165, 1.54) is 43.8 Å². The van der Waals surface area contributed by atoms with E-state index in [4.69, 9.17) is 14.6 Å². The van der Waals surface area contributed by atoms with Gasteiger partial charge < -0.3 is 14.6 Å². The van der Waals surface area contributed by atoms with Gasteiger partial charge in [0.25, 0.3) is 10.0 Å². The molecular formula is C19H18N2O6S2. The number of carbonyl (C=O) groups is 1. The number of anilines is 1. The molecule has 0 bridgehead atoms. The normalized spacial score (nSPS) is 11.7. The zero-order chi connectivity index (χ0) is 21.2. The lowest BCUT2D eigenvalue weighted by Gasteiger charge is -2.15. The Morgan fingerprint density at radius 1 is 1.21 bits per heavy atom. The number of ether oxygens (including phenoxy) is 2. The zero-order valence-corrected chi connectivity index (χ0v) is 17.4. The standard InChI is InChI=1S/C19H18N2O6S2/c1-11-20-14-6-5-13(10-16(14)28-11)21-29(24,25)17-9-12(4-7-18(22)23)8-15(26-2)19(17)27-3/h4-10,21H,1-3H3,(H,22,23). The molecule has 0 radical (unpaired) electrons. The number of aryl methyl sites for hydroxylation is 1. The third-order valence-corrected chi connectivity index (χ3v) is 6.24. The summed E-state index contributed by atoms with van der Waals surface area (Å²) in [6.45, 7) is 1.88. The first kappa shape index (κ1) is 20.6. The number of sulfonamides is 1. The first-order valence-corrected chi connectivity index (χ1v) is 10.6. The molecule has 0 saturated heterocycles. The molecule has 0 unspecified atom stereocenters. The van der Waals surface area contributed by atoms with E-state index in [-0.39, 0.29) is 16.4 Å². The largest absolute Gasteiger partial charge is 0.493 e. The van der Waals surface area contributed by atoms with Gasteiger partial charge in [-0.15, -0.1) is 11.3 Å². The monoisotopic (exact) mass is 434 g/mol. The minimum Gasteiger partial charge on any atom is -0.493 e. The Morgan fingerprint density at radius 3 is 2.62 bits per heavy atom. The van der Waals surface area contributed by atoms with Crippen molar-refractivity contribution >= 4 is 49.3 Å². The summed E-state index contributed by atoms with van der Waals surface area (Å²) in [5.74, 6) is -0.980. The van der Waals surface area contributed by atoms with Crippen LogP contribution in [0.25, 0.3) is 16.3 Å². The number of nitrogens with one attached hydrogen (secondary N) is 1. The minimum absolute atomic E-state index is 0.0159. The fourth-order valence-corrected chi connectivity index (χ4v) is 4.86. The molecule has 1 heterocycles. The molecule has 29 heavy (non-hydrogen) atoms. The quantitative estimate of drug-likeness (QED) is 0.547. The number of rotatable bonds is 7. The smallest absolute Gasteiger partial charge is 0.328 e. The van der Waals surface area contributed by atoms with Gasteiger partial charge in [0.2, 0.25) is 0 Å². The topological polar surface area (TPSA) is 115 Å². The number of methoxy groups -OCH3 is 2. The Bertz CT molecular complexity index is 1210. The van der Waals surface area contributed by atoms with Crippen LogP contribution in [0.4, 0.5) is 5.69 Å². The second-order valence-corrected chi connectivity index (χ2v) is 8.83. The molecule has 0 saturated carbocycles. The van der Waals surface area contributed by atoms with Crippen molar-refractivity contribution in [3.05, 3.63) is 47.0 Å². The highest BCUT2D eigenvalue weighted by molar-refractivity contribution is 7.92. The minimum atomic E-state index is -4.06. The van der Waals surface area contributed by atoms with Gasteiger partial charge >= 0.3 is 5.97 Å². The number of aliphatic carboxylic acids is 1. The van der Waals surface area contributed by atoms with E-state index in [0.717, 1.165) is 21.3 Å². The van der Waals surface area contributed by atoms with E-state index >= 15 is 0 Å². The average molecular weight is 434 g/mol. The highest BCUT2D eigenvalue weighted by atomic mass is 32.2. The van der Waals surface area contributed by atoms with Gasteiger partial charge in [0.15, 0.2) is 11.5 Å². The van der Waals surface area contributed by atoms with Crippen molar-refractivity contribution < 1.29 is 27.8 Å². The van der Waals surface area contributed by atoms with Crippen LogP contribution in [0.15, 0.2) is 41.3 Å². The van der Waals surface area contributed by atoms with Crippen LogP contribution < -0.4 is 14.2 Å². The van der Waals surface area contributed by atoms with Crippen molar-refractivity contribution in [1.29, 1.82) is 0 Å². The van der Waals surface area contributed by atoms with Crippen molar-refractivity contribution in [2.24, 2.45) is 0 Å². The van der Waals surface area contributed by atoms with Crippen molar-refractivity contribution in [2.75, 3.05) is 18.9 Å². The molecule has 3 rings (SSSR count). The summed E-state index contributed by atoms with van der Waals surface area (Å²) in [6, 6.07) is 7.87. The molecule has 0 fully saturated rings. The molecule has 1 aromatic heterocycles. The van der Waals surface area contributed by atoms with Crippen LogP contribution in [0, 0.1) is 6.92 Å². The van der Waals surface area contributed by atoms with Crippen molar-refractivity contribution in [1.82, 2.24) is 4.98 Å². The summed E-state index contributed by atoms with van der Waals surface area (Å²) in [4.78, 5) is 15.0. The Hall–Kier alpha value is -3.11. The number of carboxylic acids is 1. The molecular weight excluding hydrogens is 416 g/mol. The van der Waals surface area contributed by atoms with Gasteiger partial charge in [0.1, 0.15) is 4.90 Å². The van der Waals surface area contributed by atoms with Gasteiger partial charge in [0.05, 0.1) is 35.1 Å². The Labute approximate surface area is 171 Å². The first-order chi connectivity index (χ1) is 13.7. The SMILES string of the molecule is COc1cc(C=CC(=O)O)cc(S(=O)(=O)Nc2ccc3nc(C)sc3c2)c1OC. The van der Waals surface area contributed by atoms with E-state index in [0.29, 0.717) is 11.3 Å². The van der Waals surface area contributed by atoms with E-state index in [9.17, 15) is 13.2 Å². The summed E-state index contributed by atoms with van der Waals surface area (Å²) in [7, 11) is -1.37. The predicted molar refractivity (Wildman–Crippen MR) is 111 cm³/mol. The summed E-state index contributed by atoms with van der Waals surface area (Å²) in [5, 5.41) is 9.72. The summed E-state index contributed by atoms with van der Waals surface area (Å²) >= 11 is 1.46. The number of hydrogen-bond donors (Lipinski definition) is 2. The highest BCUT2D eigenvalue weighted by Crippen LogP contribution is 2.37. The van der Waals surface area contributed by atoms with Gasteiger partial charge in [-0.3, -0.25) is 4.72 Å². The van der Waals surface area contributed by atoms with E-state index in [1.807, 2.05) is 6.92 Å². The first-order valence-electron chi connectivity index (χ1n) is 8.30. The maximum absolute atomic E-state index is 13.1. The fourth-order valence-electron chi connectivity index (χ4n) is 2.73. The summed E-state index contributed by atoms with van der Waals surface area (Å²) in [5.41, 5.74) is 1.49. The number of thiazole rings is 1. The molecule has 0 aliphatic rings. The molecule has 10 heteroatoms. The molecule has 0 spiro atoms. The number of nitrogens with zero attached hydrogens (tertiary/aromatic N) is 1. The van der Waals surface area contributed by atoms with Crippen LogP contribution in [0.3, 0.4) is 0 Å². The van der Waals surface area contributed by atoms with Crippen LogP contribution >= 0.6 is 11.3 Å². The van der Waals surface area contributed by atoms with Crippen molar-refractivity contribution in [2.45, 2.75) is 11.8 Å². The molecule has 2 N–H and O–H groups in total. The van der Waals surface area contributed by atoms with Gasteiger partial charge in [-0.25, -0.2) is 18.2 Å². The van der Waals surface area contributed by atoms with Crippen LogP contribution in [0.2, 0.25) is 0 Å². The van der Waals surface area contributed by atoms with Gasteiger partial charge in [0, 0.05) is 6.08 Å². The van der Waals surface area contributed by atoms with E-state index in [2.05, 4.69) is 9.71 Å². The number of carboxylic acid groups (broad SMARTS) is 1. The lowest BCUT2D eigenvalue weighted by Crippen LogP contribution is -2.14. The van der Waals surface area contributed by atoms with Crippen LogP contribution in [0.5, 0.6) is 11.5 Å². The second kappa shape index (κ2) is 8.10. The van der Waals surface area contributed by atoms with Crippen molar-refractivity contribution in [3.8, 4) is 11.5 Å². The van der Waals surface area contributed by atoms with Crippen LogP contribution in [-0.4, -0.2) is 38.7 Å². The molecule has 0 aliphatic heterocycles. The third-order valence-electron chi connectivity index (χ3n) is 3.92. The zero-order valence-electron chi connectivity index (χ0n) is 15.8. The Kier molecular flexibility index (Phi) is 5.76. The fraction of sp³-hybridized carbons (Fsp3) is 0.158. The van der Waals surface area contributed by atoms with E-state index < -0.39 is 16.0 Å². The molecule has 3 aromatic rings. The van der Waals surface area contributed by atoms with E-state index in [1.54, 1.807) is 18.2 Å². The Morgan fingerprint density at radius 2 is 1.97 bits per heavy atom. The number of benzene rings is 2. The molecule has 2 aromatic carbocycles. The van der Waals surface area contributed by atoms with Crippen molar-refractivity contribution in [3.63, 3.8) is 0 Å². The Balaban J connectivity index is 2.07. The summed E-state index contributed by atoms with van der Waals surface area (Å²) in [6.07, 6.45) is 2.18. The molecule has 152 valence electrons. The lowest BCUT2D eigenvalue weighted by atomic mass is 10.2. The van der Waals surface area contributed by atoms with Gasteiger partial charge in [-0.1, -0.05) is 0 Å². The average Bonchev–Trinajstić information content (AvgIpc) is 3.04. The number of aromatic nitrogens is 1. The molecule has 0 atom stereocenters. The predicted octanol–water partition coefficient (Wildman–Crippen LogP) is 3.52. The van der Waals surface area contributed by atoms with Gasteiger partial charge in [-0.05, 0) is 48.9 Å². The second-order valence-electron chi connectivity index (χ2n) is 5.95. The molecule has 8 nitrogen and oxygen atoms in total. The number of fused-ring (bicyclic) bond motifs is 1. The molecule has 0 amide bonds. The maximum atomic E-state index is 13.1. The summed E-state index contributed by atoms with van der Waals surface area (Å²) < 4.78 is 40.0. The maximum Gasteiger partial charge on any atom is 0.328 e. The third kappa shape index (κ3) is 4.49. The molecule has 0 aliphatic carbocycles. The highest BCUT2D eigenvalue weighted by Gasteiger charge is 2.24. The van der Waals surface area contributed by atoms with Crippen LogP contribution in [0.1, 0.15) is 10.6 Å².